The van der Waals surface area contributed by atoms with Gasteiger partial charge in [-0.05, 0) is 41.5 Å². The number of hydrogen-bond donors (Lipinski definition) is 2. The summed E-state index contributed by atoms with van der Waals surface area (Å²) in [6.45, 7) is 12.0. The summed E-state index contributed by atoms with van der Waals surface area (Å²) in [5, 5.41) is 12.9. The molecule has 138 valence electrons. The fourth-order valence-corrected chi connectivity index (χ4v) is 2.81. The van der Waals surface area contributed by atoms with Crippen LogP contribution in [0.3, 0.4) is 0 Å². The third-order valence-corrected chi connectivity index (χ3v) is 4.42. The zero-order valence-electron chi connectivity index (χ0n) is 15.5. The van der Waals surface area contributed by atoms with E-state index in [4.69, 9.17) is 9.26 Å². The van der Waals surface area contributed by atoms with Gasteiger partial charge in [0.25, 0.3) is 0 Å². The van der Waals surface area contributed by atoms with Crippen LogP contribution in [0.15, 0.2) is 9.90 Å². The Morgan fingerprint density at radius 3 is 2.56 bits per heavy atom. The van der Waals surface area contributed by atoms with Crippen molar-refractivity contribution in [1.82, 2.24) is 25.8 Å². The van der Waals surface area contributed by atoms with Crippen molar-refractivity contribution >= 4 is 17.4 Å². The van der Waals surface area contributed by atoms with Crippen LogP contribution in [0, 0.1) is 6.92 Å². The summed E-state index contributed by atoms with van der Waals surface area (Å²) in [5.74, 6) is 0.841. The van der Waals surface area contributed by atoms with Gasteiger partial charge in [-0.2, -0.15) is 4.98 Å². The molecule has 2 aromatic rings. The third kappa shape index (κ3) is 6.09. The van der Waals surface area contributed by atoms with E-state index in [0.29, 0.717) is 18.3 Å². The van der Waals surface area contributed by atoms with Crippen LogP contribution in [0.2, 0.25) is 0 Å². The van der Waals surface area contributed by atoms with E-state index in [2.05, 4.69) is 39.6 Å². The van der Waals surface area contributed by atoms with Crippen LogP contribution in [0.25, 0.3) is 0 Å². The number of rotatable bonds is 6. The van der Waals surface area contributed by atoms with Crippen LogP contribution in [-0.4, -0.2) is 26.8 Å². The average Bonchev–Trinajstić information content (AvgIpc) is 3.10. The van der Waals surface area contributed by atoms with Crippen molar-refractivity contribution in [2.45, 2.75) is 65.8 Å². The third-order valence-electron chi connectivity index (χ3n) is 3.14. The lowest BCUT2D eigenvalue weighted by atomic mass is 10.1. The molecule has 0 radical (unpaired) electrons. The van der Waals surface area contributed by atoms with Crippen LogP contribution in [0.5, 0.6) is 0 Å². The van der Waals surface area contributed by atoms with Gasteiger partial charge >= 0.3 is 6.09 Å². The topological polar surface area (TPSA) is 102 Å². The summed E-state index contributed by atoms with van der Waals surface area (Å²) in [5.41, 5.74) is 0.160. The normalized spacial score (nSPS) is 12.2. The highest BCUT2D eigenvalue weighted by Crippen LogP contribution is 2.23. The van der Waals surface area contributed by atoms with E-state index in [9.17, 15) is 4.79 Å². The van der Waals surface area contributed by atoms with Gasteiger partial charge in [-0.25, -0.2) is 9.78 Å². The molecule has 0 saturated carbocycles. The van der Waals surface area contributed by atoms with Gasteiger partial charge in [-0.15, -0.1) is 11.3 Å². The van der Waals surface area contributed by atoms with Crippen LogP contribution in [0.4, 0.5) is 4.79 Å². The van der Waals surface area contributed by atoms with Crippen molar-refractivity contribution in [3.8, 4) is 0 Å². The maximum Gasteiger partial charge on any atom is 0.408 e. The van der Waals surface area contributed by atoms with Crippen LogP contribution in [-0.2, 0) is 23.4 Å². The van der Waals surface area contributed by atoms with Gasteiger partial charge < -0.3 is 14.6 Å². The number of aromatic nitrogens is 3. The lowest BCUT2D eigenvalue weighted by Crippen LogP contribution is -2.36. The summed E-state index contributed by atoms with van der Waals surface area (Å²) < 4.78 is 10.3. The van der Waals surface area contributed by atoms with Crippen molar-refractivity contribution in [2.75, 3.05) is 0 Å². The van der Waals surface area contributed by atoms with E-state index in [1.165, 1.54) is 0 Å². The first-order valence-electron chi connectivity index (χ1n) is 8.01. The Bertz CT molecular complexity index is 717. The van der Waals surface area contributed by atoms with Gasteiger partial charge in [0.15, 0.2) is 5.82 Å². The van der Waals surface area contributed by atoms with E-state index in [1.54, 1.807) is 32.1 Å². The minimum atomic E-state index is -0.548. The maximum absolute atomic E-state index is 11.6. The molecule has 0 bridgehead atoms. The second kappa shape index (κ2) is 7.49. The quantitative estimate of drug-likeness (QED) is 0.809. The number of alkyl carbamates (subject to hydrolysis) is 1. The minimum absolute atomic E-state index is 0.122. The monoisotopic (exact) mass is 367 g/mol. The highest BCUT2D eigenvalue weighted by molar-refractivity contribution is 7.09. The molecule has 2 heterocycles. The molecule has 0 aromatic carbocycles. The Morgan fingerprint density at radius 1 is 1.24 bits per heavy atom. The van der Waals surface area contributed by atoms with Crippen molar-refractivity contribution < 1.29 is 14.1 Å². The average molecular weight is 367 g/mol. The molecule has 25 heavy (non-hydrogen) atoms. The number of ether oxygens (including phenoxy) is 1. The molecule has 2 aromatic heterocycles. The number of carbonyl (C=O) groups excluding carboxylic acids is 1. The van der Waals surface area contributed by atoms with E-state index in [-0.39, 0.29) is 12.1 Å². The lowest BCUT2D eigenvalue weighted by Gasteiger charge is -2.22. The smallest absolute Gasteiger partial charge is 0.408 e. The number of hydrogen-bond acceptors (Lipinski definition) is 8. The molecule has 0 aliphatic heterocycles. The molecule has 2 N–H and O–H groups in total. The second-order valence-electron chi connectivity index (χ2n) is 7.23. The first kappa shape index (κ1) is 19.3. The van der Waals surface area contributed by atoms with Crippen molar-refractivity contribution in [3.63, 3.8) is 0 Å². The number of thiazole rings is 1. The summed E-state index contributed by atoms with van der Waals surface area (Å²) in [4.78, 5) is 20.4. The summed E-state index contributed by atoms with van der Waals surface area (Å²) in [6.07, 6.45) is -0.523. The molecule has 0 unspecified atom stereocenters. The highest BCUT2D eigenvalue weighted by Gasteiger charge is 2.24. The molecule has 1 amide bonds. The maximum atomic E-state index is 11.6. The SMILES string of the molecule is Cc1csc(C(C)(C)NCc2noc(CNC(=O)OC(C)(C)C)n2)n1. The summed E-state index contributed by atoms with van der Waals surface area (Å²) in [6, 6.07) is 0. The van der Waals surface area contributed by atoms with Crippen molar-refractivity contribution in [1.29, 1.82) is 0 Å². The number of nitrogens with zero attached hydrogens (tertiary/aromatic N) is 3. The zero-order chi connectivity index (χ0) is 18.7. The fourth-order valence-electron chi connectivity index (χ4n) is 1.91. The highest BCUT2D eigenvalue weighted by atomic mass is 32.1. The summed E-state index contributed by atoms with van der Waals surface area (Å²) in [7, 11) is 0. The van der Waals surface area contributed by atoms with E-state index in [0.717, 1.165) is 10.7 Å². The van der Waals surface area contributed by atoms with E-state index >= 15 is 0 Å². The molecule has 0 fully saturated rings. The largest absolute Gasteiger partial charge is 0.444 e. The first-order chi connectivity index (χ1) is 11.5. The Kier molecular flexibility index (Phi) is 5.79. The fraction of sp³-hybridized carbons (Fsp3) is 0.625. The van der Waals surface area contributed by atoms with E-state index < -0.39 is 11.7 Å². The first-order valence-corrected chi connectivity index (χ1v) is 8.89. The van der Waals surface area contributed by atoms with Gasteiger partial charge in [0.05, 0.1) is 12.1 Å². The van der Waals surface area contributed by atoms with Crippen molar-refractivity contribution in [2.24, 2.45) is 0 Å². The van der Waals surface area contributed by atoms with Crippen LogP contribution < -0.4 is 10.6 Å². The standard InChI is InChI=1S/C16H25N5O3S/c1-10-9-25-13(19-10)16(5,6)18-7-11-20-12(24-21-11)8-17-14(22)23-15(2,3)4/h9,18H,7-8H2,1-6H3,(H,17,22). The van der Waals surface area contributed by atoms with Gasteiger partial charge in [-0.3, -0.25) is 5.32 Å². The summed E-state index contributed by atoms with van der Waals surface area (Å²) >= 11 is 1.61. The second-order valence-corrected chi connectivity index (χ2v) is 8.09. The van der Waals surface area contributed by atoms with Gasteiger partial charge in [0.2, 0.25) is 5.89 Å². The molecule has 0 aliphatic carbocycles. The molecular formula is C16H25N5O3S. The molecule has 2 rings (SSSR count). The van der Waals surface area contributed by atoms with Crippen LogP contribution in [0.1, 0.15) is 57.0 Å². The molecule has 8 nitrogen and oxygen atoms in total. The Balaban J connectivity index is 1.84. The zero-order valence-corrected chi connectivity index (χ0v) is 16.3. The predicted molar refractivity (Wildman–Crippen MR) is 94.1 cm³/mol. The Labute approximate surface area is 151 Å². The van der Waals surface area contributed by atoms with Gasteiger partial charge in [0, 0.05) is 11.1 Å². The molecule has 0 saturated heterocycles. The number of nitrogens with one attached hydrogen (secondary N) is 2. The van der Waals surface area contributed by atoms with Crippen LogP contribution >= 0.6 is 11.3 Å². The Morgan fingerprint density at radius 2 is 1.96 bits per heavy atom. The number of aryl methyl sites for hydroxylation is 1. The molecule has 0 spiro atoms. The number of amides is 1. The molecular weight excluding hydrogens is 342 g/mol. The molecule has 9 heteroatoms. The van der Waals surface area contributed by atoms with E-state index in [1.807, 2.05) is 12.3 Å². The van der Waals surface area contributed by atoms with Gasteiger partial charge in [0.1, 0.15) is 17.2 Å². The molecule has 0 aliphatic rings. The lowest BCUT2D eigenvalue weighted by molar-refractivity contribution is 0.0518. The number of carbonyl (C=O) groups is 1. The minimum Gasteiger partial charge on any atom is -0.444 e. The van der Waals surface area contributed by atoms with Crippen molar-refractivity contribution in [3.05, 3.63) is 27.8 Å². The molecule has 0 atom stereocenters. The van der Waals surface area contributed by atoms with Gasteiger partial charge in [-0.1, -0.05) is 5.16 Å². The Hall–Kier alpha value is -2.00. The predicted octanol–water partition coefficient (Wildman–Crippen LogP) is 2.88.